The van der Waals surface area contributed by atoms with Crippen molar-refractivity contribution in [2.24, 2.45) is 5.73 Å². The van der Waals surface area contributed by atoms with Gasteiger partial charge in [0.1, 0.15) is 12.1 Å². The monoisotopic (exact) mass is 860 g/mol. The van der Waals surface area contributed by atoms with Gasteiger partial charge in [-0.25, -0.2) is 4.57 Å². The fraction of sp³-hybridized carbons (Fsp3) is 0.633. The molecule has 3 unspecified atom stereocenters. The molecule has 342 valence electrons. The number of phosphoric ester groups is 1. The van der Waals surface area contributed by atoms with Crippen molar-refractivity contribution in [3.05, 3.63) is 97.2 Å². The molecule has 0 aliphatic carbocycles. The molecule has 0 heterocycles. The first-order valence-electron chi connectivity index (χ1n) is 22.8. The van der Waals surface area contributed by atoms with E-state index < -0.39 is 45.1 Å². The highest BCUT2D eigenvalue weighted by molar-refractivity contribution is 7.47. The number of aliphatic carboxylic acids is 1. The average Bonchev–Trinajstić information content (AvgIpc) is 3.23. The molecule has 0 aliphatic heterocycles. The van der Waals surface area contributed by atoms with E-state index in [9.17, 15) is 19.0 Å². The first kappa shape index (κ1) is 56.9. The van der Waals surface area contributed by atoms with E-state index in [2.05, 4.69) is 98.9 Å². The number of unbranched alkanes of at least 4 members (excludes halogenated alkanes) is 12. The molecule has 60 heavy (non-hydrogen) atoms. The van der Waals surface area contributed by atoms with Crippen LogP contribution < -0.4 is 5.73 Å². The minimum absolute atomic E-state index is 0.0237. The van der Waals surface area contributed by atoms with Gasteiger partial charge < -0.3 is 25.2 Å². The van der Waals surface area contributed by atoms with Crippen molar-refractivity contribution in [3.8, 4) is 0 Å². The molecule has 0 bridgehead atoms. The van der Waals surface area contributed by atoms with Crippen molar-refractivity contribution in [1.29, 1.82) is 0 Å². The molecule has 0 radical (unpaired) electrons. The van der Waals surface area contributed by atoms with Crippen LogP contribution in [0.2, 0.25) is 0 Å². The Hall–Kier alpha value is -3.11. The van der Waals surface area contributed by atoms with Gasteiger partial charge in [0.25, 0.3) is 0 Å². The quantitative estimate of drug-likeness (QED) is 0.0234. The van der Waals surface area contributed by atoms with Crippen molar-refractivity contribution >= 4 is 19.8 Å². The molecule has 4 N–H and O–H groups in total. The number of esters is 1. The van der Waals surface area contributed by atoms with Crippen molar-refractivity contribution in [3.63, 3.8) is 0 Å². The lowest BCUT2D eigenvalue weighted by Crippen LogP contribution is -2.34. The molecule has 0 fully saturated rings. The van der Waals surface area contributed by atoms with Crippen LogP contribution in [0.3, 0.4) is 0 Å². The summed E-state index contributed by atoms with van der Waals surface area (Å²) in [5.74, 6) is -1.88. The Labute approximate surface area is 364 Å². The van der Waals surface area contributed by atoms with E-state index >= 15 is 0 Å². The zero-order valence-corrected chi connectivity index (χ0v) is 38.2. The van der Waals surface area contributed by atoms with Gasteiger partial charge in [0.15, 0.2) is 0 Å². The molecule has 0 saturated heterocycles. The number of carboxylic acid groups (broad SMARTS) is 1. The number of phosphoric acid groups is 1. The summed E-state index contributed by atoms with van der Waals surface area (Å²) in [7, 11) is -4.65. The van der Waals surface area contributed by atoms with Gasteiger partial charge in [-0.05, 0) is 83.5 Å². The van der Waals surface area contributed by atoms with Crippen LogP contribution in [0.15, 0.2) is 97.2 Å². The molecule has 0 amide bonds. The van der Waals surface area contributed by atoms with E-state index in [4.69, 9.17) is 29.4 Å². The lowest BCUT2D eigenvalue weighted by molar-refractivity contribution is -0.154. The van der Waals surface area contributed by atoms with Crippen LogP contribution in [0, 0.1) is 0 Å². The zero-order valence-electron chi connectivity index (χ0n) is 37.3. The summed E-state index contributed by atoms with van der Waals surface area (Å²) in [6.07, 6.45) is 57.6. The maximum atomic E-state index is 12.6. The van der Waals surface area contributed by atoms with E-state index in [1.807, 2.05) is 12.2 Å². The fourth-order valence-corrected chi connectivity index (χ4v) is 6.38. The molecular weight excluding hydrogens is 778 g/mol. The number of rotatable bonds is 42. The number of carbonyl (C=O) groups excluding carboxylic acids is 1. The van der Waals surface area contributed by atoms with E-state index in [1.165, 1.54) is 64.2 Å². The standard InChI is InChI=1S/C49H82NO9P/c1-3-5-7-9-11-13-15-17-19-21-23-25-27-29-31-33-35-37-39-41-48(51)59-46(44-57-60(54,55)58-45-47(50)49(52)53)43-56-42-40-38-36-34-32-30-28-26-24-22-20-18-16-14-12-10-8-6-4-2/h5,7,11,13-14,16-17,19-20,22-23,25,29,31,35,37,46-47H,3-4,6,8-10,12,15,18,21,24,26-28,30,32-34,36,38-45,50H2,1-2H3,(H,52,53)(H,54,55)/b7-5-,13-11-,16-14-,19-17-,22-20-,25-23-,31-29-,37-35-. The van der Waals surface area contributed by atoms with E-state index in [0.29, 0.717) is 13.0 Å². The lowest BCUT2D eigenvalue weighted by atomic mass is 10.1. The van der Waals surface area contributed by atoms with Crippen LogP contribution in [-0.4, -0.2) is 60.5 Å². The Kier molecular flexibility index (Phi) is 41.7. The number of nitrogens with two attached hydrogens (primary N) is 1. The Bertz CT molecular complexity index is 1320. The van der Waals surface area contributed by atoms with Gasteiger partial charge >= 0.3 is 19.8 Å². The largest absolute Gasteiger partial charge is 0.480 e. The number of hydrogen-bond acceptors (Lipinski definition) is 8. The summed E-state index contributed by atoms with van der Waals surface area (Å²) < 4.78 is 33.3. The molecule has 0 aromatic carbocycles. The Morgan fingerprint density at radius 3 is 1.45 bits per heavy atom. The zero-order chi connectivity index (χ0) is 44.0. The summed E-state index contributed by atoms with van der Waals surface area (Å²) >= 11 is 0. The fourth-order valence-electron chi connectivity index (χ4n) is 5.60. The molecule has 0 spiro atoms. The highest BCUT2D eigenvalue weighted by Crippen LogP contribution is 2.43. The van der Waals surface area contributed by atoms with Crippen molar-refractivity contribution in [1.82, 2.24) is 0 Å². The third-order valence-corrected chi connectivity index (χ3v) is 10.1. The number of carbonyl (C=O) groups is 2. The summed E-state index contributed by atoms with van der Waals surface area (Å²) in [6.45, 7) is 3.63. The molecule has 10 nitrogen and oxygen atoms in total. The van der Waals surface area contributed by atoms with Crippen molar-refractivity contribution in [2.75, 3.05) is 26.4 Å². The van der Waals surface area contributed by atoms with Gasteiger partial charge in [0, 0.05) is 13.0 Å². The normalized spacial score (nSPS) is 14.7. The second kappa shape index (κ2) is 44.0. The van der Waals surface area contributed by atoms with Crippen LogP contribution in [0.4, 0.5) is 0 Å². The average molecular weight is 860 g/mol. The molecule has 0 aromatic heterocycles. The van der Waals surface area contributed by atoms with Gasteiger partial charge in [-0.15, -0.1) is 0 Å². The van der Waals surface area contributed by atoms with Crippen molar-refractivity contribution < 1.29 is 42.7 Å². The van der Waals surface area contributed by atoms with Crippen LogP contribution in [0.25, 0.3) is 0 Å². The highest BCUT2D eigenvalue weighted by Gasteiger charge is 2.27. The van der Waals surface area contributed by atoms with E-state index in [-0.39, 0.29) is 13.0 Å². The van der Waals surface area contributed by atoms with Gasteiger partial charge in [-0.2, -0.15) is 0 Å². The van der Waals surface area contributed by atoms with Gasteiger partial charge in [0.05, 0.1) is 19.8 Å². The Morgan fingerprint density at radius 1 is 0.550 bits per heavy atom. The Morgan fingerprint density at radius 2 is 0.967 bits per heavy atom. The second-order valence-corrected chi connectivity index (χ2v) is 16.2. The molecule has 3 atom stereocenters. The SMILES string of the molecule is CC/C=C\C/C=C\C/C=C\C/C=C\C/C=C\C/C=C\CCC(=O)OC(COCCCCCCCCCC/C=C\C/C=C\CCCCCC)COP(=O)(O)OCC(N)C(=O)O. The van der Waals surface area contributed by atoms with Crippen molar-refractivity contribution in [2.45, 2.75) is 174 Å². The predicted octanol–water partition coefficient (Wildman–Crippen LogP) is 12.9. The van der Waals surface area contributed by atoms with E-state index in [1.54, 1.807) is 0 Å². The van der Waals surface area contributed by atoms with Crippen LogP contribution in [0.1, 0.15) is 162 Å². The minimum Gasteiger partial charge on any atom is -0.480 e. The maximum Gasteiger partial charge on any atom is 0.472 e. The summed E-state index contributed by atoms with van der Waals surface area (Å²) in [4.78, 5) is 33.5. The maximum absolute atomic E-state index is 12.6. The summed E-state index contributed by atoms with van der Waals surface area (Å²) in [6, 6.07) is -1.49. The molecule has 0 saturated carbocycles. The first-order valence-corrected chi connectivity index (χ1v) is 24.3. The predicted molar refractivity (Wildman–Crippen MR) is 249 cm³/mol. The third-order valence-electron chi connectivity index (χ3n) is 9.11. The molecule has 0 rings (SSSR count). The van der Waals surface area contributed by atoms with Crippen LogP contribution in [0.5, 0.6) is 0 Å². The molecule has 0 aliphatic rings. The minimum atomic E-state index is -4.65. The smallest absolute Gasteiger partial charge is 0.472 e. The number of hydrogen-bond donors (Lipinski definition) is 3. The number of allylic oxidation sites excluding steroid dienone is 16. The van der Waals surface area contributed by atoms with Crippen LogP contribution in [-0.2, 0) is 32.7 Å². The second-order valence-electron chi connectivity index (χ2n) is 14.8. The van der Waals surface area contributed by atoms with E-state index in [0.717, 1.165) is 70.6 Å². The molecular formula is C49H82NO9P. The topological polar surface area (TPSA) is 155 Å². The van der Waals surface area contributed by atoms with Crippen LogP contribution >= 0.6 is 7.82 Å². The molecule has 11 heteroatoms. The highest BCUT2D eigenvalue weighted by atomic mass is 31.2. The Balaban J connectivity index is 4.37. The van der Waals surface area contributed by atoms with Gasteiger partial charge in [-0.1, -0.05) is 169 Å². The summed E-state index contributed by atoms with van der Waals surface area (Å²) in [5, 5.41) is 8.91. The first-order chi connectivity index (χ1) is 29.2. The summed E-state index contributed by atoms with van der Waals surface area (Å²) in [5.41, 5.74) is 5.35. The third kappa shape index (κ3) is 43.0. The van der Waals surface area contributed by atoms with Gasteiger partial charge in [-0.3, -0.25) is 18.6 Å². The number of carboxylic acids is 1. The molecule has 0 aromatic rings. The number of ether oxygens (including phenoxy) is 2. The lowest BCUT2D eigenvalue weighted by Gasteiger charge is -2.20. The van der Waals surface area contributed by atoms with Gasteiger partial charge in [0.2, 0.25) is 0 Å².